The molecule has 1 N–H and O–H groups in total. The highest BCUT2D eigenvalue weighted by atomic mass is 35.5. The second-order valence-corrected chi connectivity index (χ2v) is 7.82. The topological polar surface area (TPSA) is 92.6 Å². The minimum absolute atomic E-state index is 0.0290. The average molecular weight is 466 g/mol. The third-order valence-electron chi connectivity index (χ3n) is 5.32. The molecule has 1 aliphatic heterocycles. The molecular weight excluding hydrogens is 449 g/mol. The second kappa shape index (κ2) is 8.84. The number of anilines is 1. The lowest BCUT2D eigenvalue weighted by Crippen LogP contribution is -2.32. The fraction of sp³-hybridized carbons (Fsp3) is 0.0833. The normalized spacial score (nSPS) is 13.6. The van der Waals surface area contributed by atoms with Crippen molar-refractivity contribution in [2.24, 2.45) is 0 Å². The molecule has 2 amide bonds. The van der Waals surface area contributed by atoms with Gasteiger partial charge < -0.3 is 5.32 Å². The van der Waals surface area contributed by atoms with Crippen LogP contribution in [0.1, 0.15) is 16.7 Å². The van der Waals surface area contributed by atoms with Crippen molar-refractivity contribution in [1.82, 2.24) is 4.90 Å². The van der Waals surface area contributed by atoms with Gasteiger partial charge in [-0.3, -0.25) is 24.6 Å². The predicted molar refractivity (Wildman–Crippen MR) is 122 cm³/mol. The van der Waals surface area contributed by atoms with Crippen LogP contribution in [0.15, 0.2) is 72.4 Å². The van der Waals surface area contributed by atoms with Gasteiger partial charge in [0.2, 0.25) is 0 Å². The van der Waals surface area contributed by atoms with Crippen LogP contribution in [0.5, 0.6) is 0 Å². The summed E-state index contributed by atoms with van der Waals surface area (Å²) in [5.74, 6) is -1.57. The molecule has 0 spiro atoms. The van der Waals surface area contributed by atoms with Crippen LogP contribution in [0.25, 0.3) is 5.57 Å². The van der Waals surface area contributed by atoms with Crippen LogP contribution < -0.4 is 5.32 Å². The summed E-state index contributed by atoms with van der Waals surface area (Å²) in [6.45, 7) is 1.71. The van der Waals surface area contributed by atoms with E-state index in [4.69, 9.17) is 11.6 Å². The van der Waals surface area contributed by atoms with Crippen molar-refractivity contribution in [2.45, 2.75) is 13.5 Å². The highest BCUT2D eigenvalue weighted by molar-refractivity contribution is 6.36. The van der Waals surface area contributed by atoms with Crippen LogP contribution >= 0.6 is 11.6 Å². The number of benzene rings is 3. The molecule has 0 radical (unpaired) electrons. The monoisotopic (exact) mass is 465 g/mol. The molecule has 0 saturated heterocycles. The van der Waals surface area contributed by atoms with E-state index in [-0.39, 0.29) is 23.5 Å². The number of carbonyl (C=O) groups excluding carboxylic acids is 2. The third-order valence-corrected chi connectivity index (χ3v) is 5.73. The van der Waals surface area contributed by atoms with Crippen LogP contribution in [-0.2, 0) is 16.1 Å². The highest BCUT2D eigenvalue weighted by Gasteiger charge is 2.39. The lowest BCUT2D eigenvalue weighted by Gasteiger charge is -2.16. The van der Waals surface area contributed by atoms with Crippen molar-refractivity contribution in [1.29, 1.82) is 0 Å². The molecule has 7 nitrogen and oxygen atoms in total. The predicted octanol–water partition coefficient (Wildman–Crippen LogP) is 5.09. The molecule has 1 heterocycles. The fourth-order valence-corrected chi connectivity index (χ4v) is 3.68. The van der Waals surface area contributed by atoms with Crippen LogP contribution in [-0.4, -0.2) is 21.6 Å². The molecular formula is C24H17ClFN3O4. The van der Waals surface area contributed by atoms with Crippen LogP contribution in [0.3, 0.4) is 0 Å². The number of hydrogen-bond acceptors (Lipinski definition) is 5. The minimum atomic E-state index is -0.572. The molecule has 0 aliphatic carbocycles. The molecule has 3 aromatic carbocycles. The Hall–Kier alpha value is -4.04. The number of nitro benzene ring substituents is 1. The van der Waals surface area contributed by atoms with E-state index in [1.165, 1.54) is 48.5 Å². The lowest BCUT2D eigenvalue weighted by atomic mass is 10.0. The number of rotatable bonds is 6. The van der Waals surface area contributed by atoms with Crippen molar-refractivity contribution >= 4 is 40.4 Å². The van der Waals surface area contributed by atoms with Gasteiger partial charge in [0.05, 0.1) is 17.0 Å². The number of nitrogens with one attached hydrogen (secondary N) is 1. The van der Waals surface area contributed by atoms with Gasteiger partial charge in [-0.2, -0.15) is 0 Å². The van der Waals surface area contributed by atoms with Gasteiger partial charge in [0, 0.05) is 22.8 Å². The molecule has 4 rings (SSSR count). The molecule has 33 heavy (non-hydrogen) atoms. The van der Waals surface area contributed by atoms with E-state index in [2.05, 4.69) is 5.32 Å². The van der Waals surface area contributed by atoms with E-state index < -0.39 is 22.6 Å². The quantitative estimate of drug-likeness (QED) is 0.311. The molecule has 1 aliphatic rings. The zero-order valence-electron chi connectivity index (χ0n) is 17.3. The van der Waals surface area contributed by atoms with Crippen molar-refractivity contribution in [3.8, 4) is 0 Å². The van der Waals surface area contributed by atoms with E-state index in [1.807, 2.05) is 0 Å². The lowest BCUT2D eigenvalue weighted by molar-refractivity contribution is -0.384. The number of imide groups is 1. The van der Waals surface area contributed by atoms with Crippen LogP contribution in [0, 0.1) is 22.9 Å². The molecule has 166 valence electrons. The van der Waals surface area contributed by atoms with Gasteiger partial charge in [-0.05, 0) is 60.0 Å². The van der Waals surface area contributed by atoms with Gasteiger partial charge in [0.15, 0.2) is 0 Å². The largest absolute Gasteiger partial charge is 0.350 e. The van der Waals surface area contributed by atoms with E-state index in [1.54, 1.807) is 25.1 Å². The van der Waals surface area contributed by atoms with E-state index in [9.17, 15) is 24.1 Å². The number of hydrogen-bond donors (Lipinski definition) is 1. The van der Waals surface area contributed by atoms with Gasteiger partial charge in [0.25, 0.3) is 17.5 Å². The van der Waals surface area contributed by atoms with Gasteiger partial charge in [-0.25, -0.2) is 4.39 Å². The smallest absolute Gasteiger partial charge is 0.278 e. The fourth-order valence-electron chi connectivity index (χ4n) is 3.50. The number of non-ortho nitro benzene ring substituents is 1. The summed E-state index contributed by atoms with van der Waals surface area (Å²) in [6, 6.07) is 16.0. The number of nitro groups is 1. The summed E-state index contributed by atoms with van der Waals surface area (Å²) in [6.07, 6.45) is 0. The van der Waals surface area contributed by atoms with Gasteiger partial charge >= 0.3 is 0 Å². The third kappa shape index (κ3) is 4.33. The van der Waals surface area contributed by atoms with Gasteiger partial charge in [0.1, 0.15) is 11.5 Å². The van der Waals surface area contributed by atoms with E-state index >= 15 is 0 Å². The summed E-state index contributed by atoms with van der Waals surface area (Å²) < 4.78 is 13.3. The maximum Gasteiger partial charge on any atom is 0.278 e. The maximum absolute atomic E-state index is 13.3. The van der Waals surface area contributed by atoms with Gasteiger partial charge in [-0.1, -0.05) is 29.8 Å². The molecule has 0 unspecified atom stereocenters. The minimum Gasteiger partial charge on any atom is -0.350 e. The molecule has 0 aromatic heterocycles. The number of halogens is 2. The van der Waals surface area contributed by atoms with Crippen molar-refractivity contribution in [2.75, 3.05) is 5.32 Å². The first kappa shape index (κ1) is 22.2. The Morgan fingerprint density at radius 1 is 1.00 bits per heavy atom. The van der Waals surface area contributed by atoms with E-state index in [0.717, 1.165) is 4.90 Å². The van der Waals surface area contributed by atoms with Gasteiger partial charge in [-0.15, -0.1) is 0 Å². The first-order chi connectivity index (χ1) is 15.8. The second-order valence-electron chi connectivity index (χ2n) is 7.41. The van der Waals surface area contributed by atoms with E-state index in [0.29, 0.717) is 27.4 Å². The zero-order chi connectivity index (χ0) is 23.7. The molecule has 0 fully saturated rings. The average Bonchev–Trinajstić information content (AvgIpc) is 3.02. The standard InChI is InChI=1S/C24H17ClFN3O4/c1-14-19(25)3-2-4-20(14)27-22-21(16-7-11-18(12-8-16)29(32)33)23(30)28(24(22)31)13-15-5-9-17(26)10-6-15/h2-12,27H,13H2,1H3. The first-order valence-electron chi connectivity index (χ1n) is 9.88. The number of amides is 2. The molecule has 0 bridgehead atoms. The Kier molecular flexibility index (Phi) is 5.93. The first-order valence-corrected chi connectivity index (χ1v) is 10.3. The van der Waals surface area contributed by atoms with Crippen molar-refractivity contribution < 1.29 is 18.9 Å². The maximum atomic E-state index is 13.3. The molecule has 3 aromatic rings. The Balaban J connectivity index is 1.77. The number of carbonyl (C=O) groups is 2. The Bertz CT molecular complexity index is 1300. The molecule has 0 saturated carbocycles. The summed E-state index contributed by atoms with van der Waals surface area (Å²) >= 11 is 6.20. The summed E-state index contributed by atoms with van der Waals surface area (Å²) in [7, 11) is 0. The Morgan fingerprint density at radius 2 is 1.67 bits per heavy atom. The number of nitrogens with zero attached hydrogens (tertiary/aromatic N) is 2. The van der Waals surface area contributed by atoms with Crippen LogP contribution in [0.2, 0.25) is 5.02 Å². The summed E-state index contributed by atoms with van der Waals surface area (Å²) in [4.78, 5) is 38.2. The summed E-state index contributed by atoms with van der Waals surface area (Å²) in [5.41, 5.74) is 2.12. The SMILES string of the molecule is Cc1c(Cl)cccc1NC1=C(c2ccc([N+](=O)[O-])cc2)C(=O)N(Cc2ccc(F)cc2)C1=O. The summed E-state index contributed by atoms with van der Waals surface area (Å²) in [5, 5.41) is 14.5. The Morgan fingerprint density at radius 3 is 2.30 bits per heavy atom. The Labute approximate surface area is 193 Å². The highest BCUT2D eigenvalue weighted by Crippen LogP contribution is 2.34. The zero-order valence-corrected chi connectivity index (χ0v) is 18.1. The van der Waals surface area contributed by atoms with Crippen molar-refractivity contribution in [3.05, 3.63) is 110 Å². The molecule has 9 heteroatoms. The molecule has 0 atom stereocenters. The van der Waals surface area contributed by atoms with Crippen molar-refractivity contribution in [3.63, 3.8) is 0 Å². The van der Waals surface area contributed by atoms with Crippen LogP contribution in [0.4, 0.5) is 15.8 Å².